The summed E-state index contributed by atoms with van der Waals surface area (Å²) in [7, 11) is 0. The fourth-order valence-corrected chi connectivity index (χ4v) is 2.85. The Labute approximate surface area is 130 Å². The average molecular weight is 308 g/mol. The van der Waals surface area contributed by atoms with Crippen LogP contribution < -0.4 is 11.3 Å². The summed E-state index contributed by atoms with van der Waals surface area (Å²) in [6, 6.07) is 1.94. The molecule has 2 heterocycles. The Balaban J connectivity index is 2.35. The predicted octanol–water partition coefficient (Wildman–Crippen LogP) is 2.57. The summed E-state index contributed by atoms with van der Waals surface area (Å²) in [5.41, 5.74) is 7.06. The molecular weight excluding hydrogens is 286 g/mol. The Hall–Kier alpha value is -1.43. The van der Waals surface area contributed by atoms with Gasteiger partial charge < -0.3 is 0 Å². The zero-order valence-electron chi connectivity index (χ0n) is 12.7. The molecule has 1 unspecified atom stereocenters. The van der Waals surface area contributed by atoms with E-state index >= 15 is 0 Å². The topological polar surface area (TPSA) is 68.8 Å². The van der Waals surface area contributed by atoms with E-state index in [9.17, 15) is 0 Å². The van der Waals surface area contributed by atoms with E-state index in [4.69, 9.17) is 17.4 Å². The minimum absolute atomic E-state index is 0.0390. The second kappa shape index (κ2) is 7.02. The number of nitrogens with two attached hydrogens (primary N) is 1. The number of aromatic nitrogens is 3. The number of nitrogens with zero attached hydrogens (tertiary/aromatic N) is 3. The number of hydrazine groups is 1. The summed E-state index contributed by atoms with van der Waals surface area (Å²) >= 11 is 6.47. The lowest BCUT2D eigenvalue weighted by Gasteiger charge is -2.18. The van der Waals surface area contributed by atoms with E-state index in [1.165, 1.54) is 0 Å². The first kappa shape index (κ1) is 15.9. The number of aryl methyl sites for hydroxylation is 3. The molecule has 0 aromatic carbocycles. The molecule has 0 fully saturated rings. The third-order valence-corrected chi connectivity index (χ3v) is 4.18. The van der Waals surface area contributed by atoms with Crippen molar-refractivity contribution >= 4 is 11.6 Å². The third kappa shape index (κ3) is 3.26. The van der Waals surface area contributed by atoms with Gasteiger partial charge in [-0.05, 0) is 37.5 Å². The zero-order valence-corrected chi connectivity index (χ0v) is 13.5. The van der Waals surface area contributed by atoms with Gasteiger partial charge in [-0.3, -0.25) is 20.9 Å². The van der Waals surface area contributed by atoms with E-state index in [0.29, 0.717) is 6.42 Å². The first-order chi connectivity index (χ1) is 10.1. The van der Waals surface area contributed by atoms with Crippen LogP contribution in [0.1, 0.15) is 42.4 Å². The predicted molar refractivity (Wildman–Crippen MR) is 85.0 cm³/mol. The molecule has 5 nitrogen and oxygen atoms in total. The lowest BCUT2D eigenvalue weighted by atomic mass is 10.00. The number of halogens is 1. The number of rotatable bonds is 6. The van der Waals surface area contributed by atoms with Crippen molar-refractivity contribution in [3.63, 3.8) is 0 Å². The van der Waals surface area contributed by atoms with Crippen molar-refractivity contribution in [1.82, 2.24) is 20.2 Å². The van der Waals surface area contributed by atoms with E-state index in [1.54, 1.807) is 6.20 Å². The molecule has 21 heavy (non-hydrogen) atoms. The smallest absolute Gasteiger partial charge is 0.0850 e. The number of hydrogen-bond acceptors (Lipinski definition) is 4. The second-order valence-corrected chi connectivity index (χ2v) is 5.41. The van der Waals surface area contributed by atoms with Crippen LogP contribution in [0.4, 0.5) is 0 Å². The molecule has 0 spiro atoms. The molecule has 114 valence electrons. The van der Waals surface area contributed by atoms with Gasteiger partial charge >= 0.3 is 0 Å². The molecule has 0 aliphatic carbocycles. The highest BCUT2D eigenvalue weighted by Crippen LogP contribution is 2.27. The normalized spacial score (nSPS) is 12.6. The van der Waals surface area contributed by atoms with Crippen LogP contribution in [0.2, 0.25) is 5.02 Å². The molecule has 0 aliphatic rings. The van der Waals surface area contributed by atoms with E-state index < -0.39 is 0 Å². The van der Waals surface area contributed by atoms with E-state index in [2.05, 4.69) is 36.3 Å². The van der Waals surface area contributed by atoms with E-state index in [0.717, 1.165) is 40.5 Å². The molecule has 6 heteroatoms. The largest absolute Gasteiger partial charge is 0.271 e. The van der Waals surface area contributed by atoms with Gasteiger partial charge in [0.1, 0.15) is 0 Å². The highest BCUT2D eigenvalue weighted by molar-refractivity contribution is 6.31. The van der Waals surface area contributed by atoms with Gasteiger partial charge in [-0.1, -0.05) is 18.5 Å². The van der Waals surface area contributed by atoms with Crippen LogP contribution in [-0.4, -0.2) is 14.8 Å². The van der Waals surface area contributed by atoms with Crippen LogP contribution in [0.3, 0.4) is 0 Å². The molecule has 3 N–H and O–H groups in total. The molecule has 0 radical (unpaired) electrons. The standard InChI is InChI=1S/C15H22ClN5/c1-4-12-15(16)14(21(5-2)20-12)8-13(19-17)11-9-18-7-6-10(11)3/h6-7,9,13,19H,4-5,8,17H2,1-3H3. The highest BCUT2D eigenvalue weighted by atomic mass is 35.5. The number of pyridine rings is 1. The van der Waals surface area contributed by atoms with Gasteiger partial charge in [0.25, 0.3) is 0 Å². The molecule has 0 aliphatic heterocycles. The highest BCUT2D eigenvalue weighted by Gasteiger charge is 2.20. The van der Waals surface area contributed by atoms with Crippen molar-refractivity contribution in [3.05, 3.63) is 46.0 Å². The molecule has 1 atom stereocenters. The molecule has 2 rings (SSSR count). The number of nitrogens with one attached hydrogen (secondary N) is 1. The van der Waals surface area contributed by atoms with Crippen molar-refractivity contribution in [3.8, 4) is 0 Å². The molecule has 0 amide bonds. The maximum Gasteiger partial charge on any atom is 0.0850 e. The molecule has 2 aromatic rings. The summed E-state index contributed by atoms with van der Waals surface area (Å²) in [6.07, 6.45) is 5.14. The third-order valence-electron chi connectivity index (χ3n) is 3.75. The Morgan fingerprint density at radius 3 is 2.76 bits per heavy atom. The fourth-order valence-electron chi connectivity index (χ4n) is 2.51. The van der Waals surface area contributed by atoms with Crippen molar-refractivity contribution in [2.75, 3.05) is 0 Å². The SMILES string of the molecule is CCc1nn(CC)c(CC(NN)c2cnccc2C)c1Cl. The fraction of sp³-hybridized carbons (Fsp3) is 0.467. The summed E-state index contributed by atoms with van der Waals surface area (Å²) in [6.45, 7) is 6.96. The van der Waals surface area contributed by atoms with Crippen molar-refractivity contribution in [2.24, 2.45) is 5.84 Å². The van der Waals surface area contributed by atoms with Gasteiger partial charge in [-0.25, -0.2) is 0 Å². The summed E-state index contributed by atoms with van der Waals surface area (Å²) in [5.74, 6) is 5.75. The molecular formula is C15H22ClN5. The van der Waals surface area contributed by atoms with Crippen molar-refractivity contribution in [1.29, 1.82) is 0 Å². The van der Waals surface area contributed by atoms with Gasteiger partial charge in [0.05, 0.1) is 22.5 Å². The van der Waals surface area contributed by atoms with Crippen LogP contribution in [0.5, 0.6) is 0 Å². The molecule has 0 bridgehead atoms. The summed E-state index contributed by atoms with van der Waals surface area (Å²) in [4.78, 5) is 4.19. The molecule has 0 saturated heterocycles. The Morgan fingerprint density at radius 2 is 2.19 bits per heavy atom. The molecule has 0 saturated carbocycles. The Morgan fingerprint density at radius 1 is 1.43 bits per heavy atom. The first-order valence-corrected chi connectivity index (χ1v) is 7.60. The van der Waals surface area contributed by atoms with Crippen LogP contribution in [0, 0.1) is 6.92 Å². The van der Waals surface area contributed by atoms with Crippen LogP contribution in [-0.2, 0) is 19.4 Å². The van der Waals surface area contributed by atoms with Gasteiger partial charge in [0.2, 0.25) is 0 Å². The van der Waals surface area contributed by atoms with Gasteiger partial charge in [-0.2, -0.15) is 5.10 Å². The quantitative estimate of drug-likeness (QED) is 0.636. The van der Waals surface area contributed by atoms with Gasteiger partial charge in [-0.15, -0.1) is 0 Å². The van der Waals surface area contributed by atoms with E-state index in [-0.39, 0.29) is 6.04 Å². The van der Waals surface area contributed by atoms with E-state index in [1.807, 2.05) is 16.9 Å². The average Bonchev–Trinajstić information content (AvgIpc) is 2.81. The first-order valence-electron chi connectivity index (χ1n) is 7.23. The number of hydrogen-bond donors (Lipinski definition) is 2. The minimum Gasteiger partial charge on any atom is -0.271 e. The van der Waals surface area contributed by atoms with Crippen LogP contribution in [0.15, 0.2) is 18.5 Å². The second-order valence-electron chi connectivity index (χ2n) is 5.03. The summed E-state index contributed by atoms with van der Waals surface area (Å²) < 4.78 is 1.96. The van der Waals surface area contributed by atoms with Crippen LogP contribution >= 0.6 is 11.6 Å². The minimum atomic E-state index is -0.0390. The zero-order chi connectivity index (χ0) is 15.4. The van der Waals surface area contributed by atoms with Crippen LogP contribution in [0.25, 0.3) is 0 Å². The Bertz CT molecular complexity index is 608. The van der Waals surface area contributed by atoms with Crippen molar-refractivity contribution < 1.29 is 0 Å². The lowest BCUT2D eigenvalue weighted by molar-refractivity contribution is 0.513. The maximum absolute atomic E-state index is 6.47. The Kier molecular flexibility index (Phi) is 5.33. The molecule has 2 aromatic heterocycles. The maximum atomic E-state index is 6.47. The monoisotopic (exact) mass is 307 g/mol. The lowest BCUT2D eigenvalue weighted by Crippen LogP contribution is -2.31. The van der Waals surface area contributed by atoms with Crippen molar-refractivity contribution in [2.45, 2.75) is 46.2 Å². The summed E-state index contributed by atoms with van der Waals surface area (Å²) in [5, 5.41) is 5.30. The van der Waals surface area contributed by atoms with Gasteiger partial charge in [0, 0.05) is 25.4 Å². The van der Waals surface area contributed by atoms with Gasteiger partial charge in [0.15, 0.2) is 0 Å².